The fraction of sp³-hybridized carbons (Fsp3) is 0.364. The number of esters is 1. The van der Waals surface area contributed by atoms with Gasteiger partial charge in [-0.2, -0.15) is 8.42 Å². The number of rotatable bonds is 9. The maximum Gasteiger partial charge on any atom is 0.524 e. The number of carbonyl (C=O) groups excluding carboxylic acids is 2. The summed E-state index contributed by atoms with van der Waals surface area (Å²) in [6.45, 7) is 2.21. The van der Waals surface area contributed by atoms with Crippen LogP contribution in [-0.2, 0) is 35.2 Å². The van der Waals surface area contributed by atoms with E-state index >= 15 is 0 Å². The number of ether oxygens (including phenoxy) is 2. The Morgan fingerprint density at radius 2 is 1.62 bits per heavy atom. The number of carbonyl (C=O) groups is 2. The maximum absolute atomic E-state index is 12.0. The third-order valence-corrected chi connectivity index (χ3v) is 5.57. The molecule has 0 radical (unpaired) electrons. The number of benzene rings is 2. The number of hydrogen-bond donors (Lipinski definition) is 2. The van der Waals surface area contributed by atoms with Crippen molar-refractivity contribution >= 4 is 22.2 Å². The summed E-state index contributed by atoms with van der Waals surface area (Å²) >= 11 is 0. The van der Waals surface area contributed by atoms with Crippen LogP contribution in [0.15, 0.2) is 59.5 Å². The quantitative estimate of drug-likeness (QED) is 0.323. The smallest absolute Gasteiger partial charge is 0.468 e. The molecule has 0 saturated carbocycles. The fourth-order valence-corrected chi connectivity index (χ4v) is 3.51. The average molecular weight is 467 g/mol. The average Bonchev–Trinajstić information content (AvgIpc) is 2.78. The number of nitrogens with two attached hydrogens (primary N) is 2. The van der Waals surface area contributed by atoms with Gasteiger partial charge in [0.2, 0.25) is 0 Å². The molecule has 4 N–H and O–H groups in total. The predicted molar refractivity (Wildman–Crippen MR) is 119 cm³/mol. The van der Waals surface area contributed by atoms with Crippen molar-refractivity contribution in [3.63, 3.8) is 0 Å². The van der Waals surface area contributed by atoms with E-state index in [1.165, 1.54) is 13.2 Å². The van der Waals surface area contributed by atoms with Crippen molar-refractivity contribution in [2.45, 2.75) is 43.7 Å². The first kappa shape index (κ1) is 27.1. The Hall–Kier alpha value is -2.95. The lowest BCUT2D eigenvalue weighted by Crippen LogP contribution is -2.31. The molecule has 0 amide bonds. The summed E-state index contributed by atoms with van der Waals surface area (Å²) in [6, 6.07) is 14.7. The molecule has 1 atom stereocenters. The van der Waals surface area contributed by atoms with Crippen LogP contribution in [0.4, 0.5) is 4.79 Å². The SMILES string of the molecule is COC(=O)C(N)CCCCN.Cc1ccccc1S(=O)(=O)OC(=O)OCc1ccccc1. The second-order valence-electron chi connectivity index (χ2n) is 6.74. The van der Waals surface area contributed by atoms with E-state index < -0.39 is 22.3 Å². The van der Waals surface area contributed by atoms with Crippen LogP contribution in [0.1, 0.15) is 30.4 Å². The van der Waals surface area contributed by atoms with Gasteiger partial charge in [-0.25, -0.2) is 4.79 Å². The van der Waals surface area contributed by atoms with Crippen molar-refractivity contribution in [1.29, 1.82) is 0 Å². The van der Waals surface area contributed by atoms with Crippen LogP contribution >= 0.6 is 0 Å². The summed E-state index contributed by atoms with van der Waals surface area (Å²) in [4.78, 5) is 22.2. The summed E-state index contributed by atoms with van der Waals surface area (Å²) in [5, 5.41) is 0. The zero-order valence-electron chi connectivity index (χ0n) is 18.2. The largest absolute Gasteiger partial charge is 0.524 e. The highest BCUT2D eigenvalue weighted by molar-refractivity contribution is 7.87. The Morgan fingerprint density at radius 3 is 2.22 bits per heavy atom. The van der Waals surface area contributed by atoms with Crippen LogP contribution in [0.25, 0.3) is 0 Å². The summed E-state index contributed by atoms with van der Waals surface area (Å²) in [5.41, 5.74) is 12.0. The van der Waals surface area contributed by atoms with E-state index in [1.54, 1.807) is 49.4 Å². The molecule has 9 nitrogen and oxygen atoms in total. The van der Waals surface area contributed by atoms with Crippen LogP contribution in [0.5, 0.6) is 0 Å². The summed E-state index contributed by atoms with van der Waals surface area (Å²) in [7, 11) is -2.83. The zero-order chi connectivity index (χ0) is 24.0. The van der Waals surface area contributed by atoms with E-state index in [2.05, 4.69) is 8.92 Å². The van der Waals surface area contributed by atoms with Crippen LogP contribution in [-0.4, -0.2) is 40.2 Å². The highest BCUT2D eigenvalue weighted by Gasteiger charge is 2.23. The highest BCUT2D eigenvalue weighted by Crippen LogP contribution is 2.17. The van der Waals surface area contributed by atoms with E-state index in [0.717, 1.165) is 18.4 Å². The molecule has 0 aliphatic rings. The molecule has 0 aromatic heterocycles. The minimum atomic E-state index is -4.17. The molecule has 0 aliphatic carbocycles. The molecule has 32 heavy (non-hydrogen) atoms. The van der Waals surface area contributed by atoms with Gasteiger partial charge in [-0.3, -0.25) is 4.79 Å². The fourth-order valence-electron chi connectivity index (χ4n) is 2.49. The Balaban J connectivity index is 0.000000396. The van der Waals surface area contributed by atoms with E-state index in [9.17, 15) is 18.0 Å². The lowest BCUT2D eigenvalue weighted by atomic mass is 10.1. The van der Waals surface area contributed by atoms with Gasteiger partial charge in [0, 0.05) is 0 Å². The molecule has 2 aromatic rings. The molecule has 0 bridgehead atoms. The number of methoxy groups -OCH3 is 1. The Morgan fingerprint density at radius 1 is 1.00 bits per heavy atom. The number of aryl methyl sites for hydroxylation is 1. The van der Waals surface area contributed by atoms with Gasteiger partial charge in [0.05, 0.1) is 7.11 Å². The summed E-state index contributed by atoms with van der Waals surface area (Å²) in [5.74, 6) is -0.345. The first-order valence-electron chi connectivity index (χ1n) is 9.95. The van der Waals surface area contributed by atoms with Gasteiger partial charge in [0.25, 0.3) is 0 Å². The Kier molecular flexibility index (Phi) is 12.0. The Bertz CT molecular complexity index is 950. The molecule has 2 aromatic carbocycles. The second-order valence-corrected chi connectivity index (χ2v) is 8.26. The van der Waals surface area contributed by atoms with Gasteiger partial charge in [-0.15, -0.1) is 0 Å². The minimum Gasteiger partial charge on any atom is -0.468 e. The standard InChI is InChI=1S/C15H14O5S.C7H16N2O2/c1-12-7-5-6-10-14(12)21(17,18)20-15(16)19-11-13-8-3-2-4-9-13;1-11-7(10)6(9)4-2-3-5-8/h2-10H,11H2,1H3;6H,2-5,8-9H2,1H3. The zero-order valence-corrected chi connectivity index (χ0v) is 19.0. The lowest BCUT2D eigenvalue weighted by Gasteiger charge is -2.08. The Labute approximate surface area is 188 Å². The van der Waals surface area contributed by atoms with Crippen molar-refractivity contribution < 1.29 is 31.7 Å². The molecule has 0 fully saturated rings. The molecule has 10 heteroatoms. The molecule has 176 valence electrons. The van der Waals surface area contributed by atoms with E-state index in [0.29, 0.717) is 18.5 Å². The monoisotopic (exact) mass is 466 g/mol. The summed E-state index contributed by atoms with van der Waals surface area (Å²) in [6.07, 6.45) is 1.20. The van der Waals surface area contributed by atoms with Gasteiger partial charge in [0.15, 0.2) is 0 Å². The predicted octanol–water partition coefficient (Wildman–Crippen LogP) is 2.65. The van der Waals surface area contributed by atoms with Crippen LogP contribution in [0, 0.1) is 6.92 Å². The molecule has 0 spiro atoms. The van der Waals surface area contributed by atoms with E-state index in [4.69, 9.17) is 16.2 Å². The first-order valence-corrected chi connectivity index (χ1v) is 11.4. The van der Waals surface area contributed by atoms with Gasteiger partial charge in [0.1, 0.15) is 17.5 Å². The third kappa shape index (κ3) is 9.90. The van der Waals surface area contributed by atoms with Gasteiger partial charge >= 0.3 is 22.2 Å². The van der Waals surface area contributed by atoms with Crippen molar-refractivity contribution in [1.82, 2.24) is 0 Å². The van der Waals surface area contributed by atoms with Crippen LogP contribution < -0.4 is 11.5 Å². The second kappa shape index (κ2) is 14.2. The third-order valence-electron chi connectivity index (χ3n) is 4.21. The molecule has 0 saturated heterocycles. The maximum atomic E-state index is 12.0. The number of unbranched alkanes of at least 4 members (excludes halogenated alkanes) is 1. The van der Waals surface area contributed by atoms with Crippen LogP contribution in [0.2, 0.25) is 0 Å². The number of hydrogen-bond acceptors (Lipinski definition) is 9. The minimum absolute atomic E-state index is 0.0526. The van der Waals surface area contributed by atoms with Crippen molar-refractivity contribution in [2.24, 2.45) is 11.5 Å². The van der Waals surface area contributed by atoms with Gasteiger partial charge < -0.3 is 25.1 Å². The van der Waals surface area contributed by atoms with E-state index in [1.807, 2.05) is 6.07 Å². The molecular weight excluding hydrogens is 436 g/mol. The molecule has 0 heterocycles. The van der Waals surface area contributed by atoms with Crippen molar-refractivity contribution in [2.75, 3.05) is 13.7 Å². The normalized spacial score (nSPS) is 11.5. The van der Waals surface area contributed by atoms with Gasteiger partial charge in [-0.1, -0.05) is 55.0 Å². The summed E-state index contributed by atoms with van der Waals surface area (Å²) < 4.78 is 37.6. The lowest BCUT2D eigenvalue weighted by molar-refractivity contribution is -0.142. The van der Waals surface area contributed by atoms with Crippen molar-refractivity contribution in [3.05, 3.63) is 65.7 Å². The molecule has 0 aliphatic heterocycles. The van der Waals surface area contributed by atoms with E-state index in [-0.39, 0.29) is 17.5 Å². The highest BCUT2D eigenvalue weighted by atomic mass is 32.2. The van der Waals surface area contributed by atoms with Crippen molar-refractivity contribution in [3.8, 4) is 0 Å². The molecular formula is C22H30N2O7S. The van der Waals surface area contributed by atoms with Crippen LogP contribution in [0.3, 0.4) is 0 Å². The first-order chi connectivity index (χ1) is 15.2. The topological polar surface area (TPSA) is 148 Å². The molecule has 1 unspecified atom stereocenters. The molecule has 2 rings (SSSR count). The van der Waals surface area contributed by atoms with Gasteiger partial charge in [-0.05, 0) is 43.5 Å².